The number of nitrogens with zero attached hydrogens (tertiary/aromatic N) is 4. The number of carbonyl (C=O) groups is 1. The minimum atomic E-state index is -3.92. The van der Waals surface area contributed by atoms with Crippen LogP contribution in [0.1, 0.15) is 11.4 Å². The molecule has 0 saturated carbocycles. The van der Waals surface area contributed by atoms with Crippen LogP contribution in [0.3, 0.4) is 0 Å². The highest BCUT2D eigenvalue weighted by Gasteiger charge is 2.31. The van der Waals surface area contributed by atoms with E-state index in [-0.39, 0.29) is 42.7 Å². The SMILES string of the molecule is COCCn1c(SCC(=O)N2CCN(S(=O)(=O)c3ccccc3F)CC2)nc(C)c1C. The Balaban J connectivity index is 1.58. The molecule has 0 spiro atoms. The summed E-state index contributed by atoms with van der Waals surface area (Å²) in [5.41, 5.74) is 1.96. The molecule has 1 aliphatic heterocycles. The minimum Gasteiger partial charge on any atom is -0.383 e. The maximum absolute atomic E-state index is 14.0. The topological polar surface area (TPSA) is 84.7 Å². The van der Waals surface area contributed by atoms with Gasteiger partial charge < -0.3 is 14.2 Å². The summed E-state index contributed by atoms with van der Waals surface area (Å²) in [5, 5.41) is 0.765. The van der Waals surface area contributed by atoms with Crippen LogP contribution in [0.15, 0.2) is 34.3 Å². The number of imidazole rings is 1. The third-order valence-electron chi connectivity index (χ3n) is 5.31. The van der Waals surface area contributed by atoms with E-state index in [1.165, 1.54) is 34.3 Å². The summed E-state index contributed by atoms with van der Waals surface area (Å²) in [7, 11) is -2.28. The zero-order chi connectivity index (χ0) is 22.6. The molecule has 3 rings (SSSR count). The normalized spacial score (nSPS) is 15.4. The molecule has 1 fully saturated rings. The number of hydrogen-bond acceptors (Lipinski definition) is 6. The Morgan fingerprint density at radius 2 is 1.87 bits per heavy atom. The van der Waals surface area contributed by atoms with Crippen molar-refractivity contribution in [2.45, 2.75) is 30.4 Å². The maximum atomic E-state index is 14.0. The fraction of sp³-hybridized carbons (Fsp3) is 0.500. The van der Waals surface area contributed by atoms with Crippen molar-refractivity contribution in [1.82, 2.24) is 18.8 Å². The fourth-order valence-corrected chi connectivity index (χ4v) is 5.88. The number of benzene rings is 1. The van der Waals surface area contributed by atoms with Gasteiger partial charge in [-0.2, -0.15) is 4.31 Å². The highest BCUT2D eigenvalue weighted by molar-refractivity contribution is 7.99. The van der Waals surface area contributed by atoms with Gasteiger partial charge in [-0.15, -0.1) is 0 Å². The third kappa shape index (κ3) is 5.28. The Bertz CT molecular complexity index is 1030. The maximum Gasteiger partial charge on any atom is 0.246 e. The number of halogens is 1. The molecule has 1 aromatic heterocycles. The van der Waals surface area contributed by atoms with Crippen LogP contribution < -0.4 is 0 Å². The molecule has 11 heteroatoms. The van der Waals surface area contributed by atoms with Gasteiger partial charge in [0.15, 0.2) is 5.16 Å². The molecule has 0 N–H and O–H groups in total. The zero-order valence-corrected chi connectivity index (χ0v) is 19.5. The van der Waals surface area contributed by atoms with E-state index in [9.17, 15) is 17.6 Å². The number of hydrogen-bond donors (Lipinski definition) is 0. The first-order chi connectivity index (χ1) is 14.8. The smallest absolute Gasteiger partial charge is 0.246 e. The summed E-state index contributed by atoms with van der Waals surface area (Å²) in [4.78, 5) is 18.5. The molecule has 1 aromatic carbocycles. The summed E-state index contributed by atoms with van der Waals surface area (Å²) in [6.45, 7) is 5.93. The molecule has 0 aliphatic carbocycles. The standard InChI is InChI=1S/C20H27FN4O4S2/c1-15-16(2)25(12-13-29-3)20(22-15)30-14-19(26)23-8-10-24(11-9-23)31(27,28)18-7-5-4-6-17(18)21/h4-7H,8-14H2,1-3H3. The van der Waals surface area contributed by atoms with Crippen LogP contribution in [0.2, 0.25) is 0 Å². The van der Waals surface area contributed by atoms with Gasteiger partial charge >= 0.3 is 0 Å². The van der Waals surface area contributed by atoms with Crippen LogP contribution in [-0.4, -0.2) is 78.7 Å². The lowest BCUT2D eigenvalue weighted by Crippen LogP contribution is -2.51. The van der Waals surface area contributed by atoms with Gasteiger partial charge in [-0.1, -0.05) is 23.9 Å². The fourth-order valence-electron chi connectivity index (χ4n) is 3.37. The highest BCUT2D eigenvalue weighted by Crippen LogP contribution is 2.23. The van der Waals surface area contributed by atoms with Crippen LogP contribution in [-0.2, 0) is 26.1 Å². The number of amides is 1. The van der Waals surface area contributed by atoms with Crippen LogP contribution in [0, 0.1) is 19.7 Å². The largest absolute Gasteiger partial charge is 0.383 e. The molecule has 0 atom stereocenters. The lowest BCUT2D eigenvalue weighted by molar-refractivity contribution is -0.129. The number of thioether (sulfide) groups is 1. The molecule has 2 aromatic rings. The van der Waals surface area contributed by atoms with E-state index < -0.39 is 15.8 Å². The van der Waals surface area contributed by atoms with Crippen LogP contribution in [0.4, 0.5) is 4.39 Å². The van der Waals surface area contributed by atoms with Crippen molar-refractivity contribution in [1.29, 1.82) is 0 Å². The summed E-state index contributed by atoms with van der Waals surface area (Å²) >= 11 is 1.36. The van der Waals surface area contributed by atoms with Crippen LogP contribution in [0.5, 0.6) is 0 Å². The molecule has 31 heavy (non-hydrogen) atoms. The summed E-state index contributed by atoms with van der Waals surface area (Å²) in [6, 6.07) is 5.33. The first-order valence-corrected chi connectivity index (χ1v) is 12.4. The molecular formula is C20H27FN4O4S2. The number of methoxy groups -OCH3 is 1. The molecule has 8 nitrogen and oxygen atoms in total. The van der Waals surface area contributed by atoms with Crippen molar-refractivity contribution >= 4 is 27.7 Å². The molecule has 0 unspecified atom stereocenters. The van der Waals surface area contributed by atoms with Crippen LogP contribution >= 0.6 is 11.8 Å². The van der Waals surface area contributed by atoms with Crippen molar-refractivity contribution < 1.29 is 22.3 Å². The van der Waals surface area contributed by atoms with Crippen molar-refractivity contribution in [3.63, 3.8) is 0 Å². The predicted octanol–water partition coefficient (Wildman–Crippen LogP) is 1.91. The lowest BCUT2D eigenvalue weighted by atomic mass is 10.3. The van der Waals surface area contributed by atoms with E-state index >= 15 is 0 Å². The average Bonchev–Trinajstić information content (AvgIpc) is 3.03. The van der Waals surface area contributed by atoms with Crippen molar-refractivity contribution in [3.05, 3.63) is 41.5 Å². The minimum absolute atomic E-state index is 0.0791. The quantitative estimate of drug-likeness (QED) is 0.548. The van der Waals surface area contributed by atoms with Gasteiger partial charge in [0.1, 0.15) is 10.7 Å². The van der Waals surface area contributed by atoms with E-state index in [0.29, 0.717) is 13.2 Å². The number of aromatic nitrogens is 2. The second-order valence-electron chi connectivity index (χ2n) is 7.21. The predicted molar refractivity (Wildman–Crippen MR) is 116 cm³/mol. The molecule has 1 amide bonds. The molecule has 0 bridgehead atoms. The van der Waals surface area contributed by atoms with Crippen molar-refractivity contribution in [2.75, 3.05) is 45.6 Å². The second kappa shape index (κ2) is 10.1. The van der Waals surface area contributed by atoms with Crippen molar-refractivity contribution in [3.8, 4) is 0 Å². The number of carbonyl (C=O) groups excluding carboxylic acids is 1. The number of aryl methyl sites for hydroxylation is 1. The molecule has 1 aliphatic rings. The first kappa shape index (κ1) is 23.7. The van der Waals surface area contributed by atoms with Gasteiger partial charge in [0.25, 0.3) is 0 Å². The summed E-state index contributed by atoms with van der Waals surface area (Å²) < 4.78 is 47.8. The summed E-state index contributed by atoms with van der Waals surface area (Å²) in [6.07, 6.45) is 0. The van der Waals surface area contributed by atoms with Crippen LogP contribution in [0.25, 0.3) is 0 Å². The van der Waals surface area contributed by atoms with E-state index in [1.807, 2.05) is 18.4 Å². The number of piperazine rings is 1. The monoisotopic (exact) mass is 470 g/mol. The first-order valence-electron chi connectivity index (χ1n) is 9.93. The van der Waals surface area contributed by atoms with Crippen molar-refractivity contribution in [2.24, 2.45) is 0 Å². The molecule has 0 radical (unpaired) electrons. The number of ether oxygens (including phenoxy) is 1. The zero-order valence-electron chi connectivity index (χ0n) is 17.9. The Morgan fingerprint density at radius 1 is 1.19 bits per heavy atom. The summed E-state index contributed by atoms with van der Waals surface area (Å²) in [5.74, 6) is -0.639. The van der Waals surface area contributed by atoms with Gasteiger partial charge in [-0.3, -0.25) is 4.79 Å². The van der Waals surface area contributed by atoms with Gasteiger partial charge in [-0.05, 0) is 26.0 Å². The molecule has 1 saturated heterocycles. The Kier molecular flexibility index (Phi) is 7.73. The molecule has 2 heterocycles. The lowest BCUT2D eigenvalue weighted by Gasteiger charge is -2.34. The Morgan fingerprint density at radius 3 is 2.52 bits per heavy atom. The Hall–Kier alpha value is -1.95. The van der Waals surface area contributed by atoms with Gasteiger partial charge in [0.2, 0.25) is 15.9 Å². The third-order valence-corrected chi connectivity index (χ3v) is 8.21. The van der Waals surface area contributed by atoms with Gasteiger partial charge in [0.05, 0.1) is 18.1 Å². The highest BCUT2D eigenvalue weighted by atomic mass is 32.2. The van der Waals surface area contributed by atoms with E-state index in [1.54, 1.807) is 12.0 Å². The molecular weight excluding hydrogens is 443 g/mol. The molecule has 170 valence electrons. The van der Waals surface area contributed by atoms with E-state index in [4.69, 9.17) is 4.74 Å². The van der Waals surface area contributed by atoms with Gasteiger partial charge in [-0.25, -0.2) is 17.8 Å². The number of sulfonamides is 1. The Labute approximate surface area is 186 Å². The van der Waals surface area contributed by atoms with E-state index in [0.717, 1.165) is 22.6 Å². The number of rotatable bonds is 8. The second-order valence-corrected chi connectivity index (χ2v) is 10.1. The average molecular weight is 471 g/mol. The van der Waals surface area contributed by atoms with E-state index in [2.05, 4.69) is 4.98 Å². The van der Waals surface area contributed by atoms with Gasteiger partial charge in [0, 0.05) is 45.5 Å².